The van der Waals surface area contributed by atoms with Crippen LogP contribution < -0.4 is 5.46 Å². The summed E-state index contributed by atoms with van der Waals surface area (Å²) < 4.78 is 0. The molecule has 0 aromatic heterocycles. The van der Waals surface area contributed by atoms with Gasteiger partial charge in [0.2, 0.25) is 0 Å². The Kier molecular flexibility index (Phi) is 2.86. The average molecular weight is 166 g/mol. The molecule has 0 aliphatic carbocycles. The number of rotatable bonds is 2. The summed E-state index contributed by atoms with van der Waals surface area (Å²) in [5.41, 5.74) is 1.86. The summed E-state index contributed by atoms with van der Waals surface area (Å²) in [4.78, 5) is 0. The Morgan fingerprint density at radius 3 is 2.50 bits per heavy atom. The highest BCUT2D eigenvalue weighted by Gasteiger charge is 2.14. The number of aliphatic hydroxyl groups excluding tert-OH is 1. The van der Waals surface area contributed by atoms with Gasteiger partial charge in [-0.25, -0.2) is 0 Å². The van der Waals surface area contributed by atoms with Gasteiger partial charge < -0.3 is 15.2 Å². The fourth-order valence-electron chi connectivity index (χ4n) is 1.10. The Hall–Kier alpha value is -0.835. The van der Waals surface area contributed by atoms with Gasteiger partial charge in [-0.1, -0.05) is 23.8 Å². The van der Waals surface area contributed by atoms with E-state index in [0.717, 1.165) is 5.56 Å². The number of aliphatic hydroxyl groups is 1. The minimum Gasteiger partial charge on any atom is -0.423 e. The van der Waals surface area contributed by atoms with Gasteiger partial charge >= 0.3 is 7.12 Å². The average Bonchev–Trinajstić information content (AvgIpc) is 2.04. The van der Waals surface area contributed by atoms with Crippen molar-refractivity contribution < 1.29 is 15.2 Å². The van der Waals surface area contributed by atoms with Crippen LogP contribution in [0.4, 0.5) is 0 Å². The summed E-state index contributed by atoms with van der Waals surface area (Å²) in [6.45, 7) is 1.68. The van der Waals surface area contributed by atoms with Crippen molar-refractivity contribution in [2.45, 2.75) is 13.5 Å². The molecule has 1 aromatic carbocycles. The first-order chi connectivity index (χ1) is 5.65. The SMILES string of the molecule is Cc1ccc(CO)c(B(O)O)c1. The van der Waals surface area contributed by atoms with Gasteiger partial charge in [-0.15, -0.1) is 0 Å². The van der Waals surface area contributed by atoms with E-state index < -0.39 is 7.12 Å². The quantitative estimate of drug-likeness (QED) is 0.502. The van der Waals surface area contributed by atoms with Crippen LogP contribution in [0, 0.1) is 6.92 Å². The molecular weight excluding hydrogens is 155 g/mol. The van der Waals surface area contributed by atoms with Gasteiger partial charge in [0.15, 0.2) is 0 Å². The second kappa shape index (κ2) is 3.71. The Balaban J connectivity index is 3.12. The topological polar surface area (TPSA) is 60.7 Å². The van der Waals surface area contributed by atoms with E-state index in [1.807, 2.05) is 13.0 Å². The van der Waals surface area contributed by atoms with E-state index in [-0.39, 0.29) is 6.61 Å². The van der Waals surface area contributed by atoms with Crippen molar-refractivity contribution in [2.75, 3.05) is 0 Å². The van der Waals surface area contributed by atoms with E-state index in [0.29, 0.717) is 11.0 Å². The summed E-state index contributed by atoms with van der Waals surface area (Å²) >= 11 is 0. The van der Waals surface area contributed by atoms with Gasteiger partial charge in [0.25, 0.3) is 0 Å². The molecule has 1 aromatic rings. The summed E-state index contributed by atoms with van der Waals surface area (Å²) in [6.07, 6.45) is 0. The molecule has 0 aliphatic heterocycles. The van der Waals surface area contributed by atoms with Crippen molar-refractivity contribution >= 4 is 12.6 Å². The molecule has 0 unspecified atom stereocenters. The van der Waals surface area contributed by atoms with Gasteiger partial charge in [-0.05, 0) is 17.9 Å². The predicted molar refractivity (Wildman–Crippen MR) is 46.9 cm³/mol. The molecule has 0 atom stereocenters. The van der Waals surface area contributed by atoms with Crippen molar-refractivity contribution in [3.05, 3.63) is 29.3 Å². The van der Waals surface area contributed by atoms with Crippen LogP contribution in [0.1, 0.15) is 11.1 Å². The molecule has 0 amide bonds. The second-order valence-corrected chi connectivity index (χ2v) is 2.73. The van der Waals surface area contributed by atoms with Gasteiger partial charge in [-0.3, -0.25) is 0 Å². The molecule has 0 fully saturated rings. The van der Waals surface area contributed by atoms with Crippen LogP contribution in [0.2, 0.25) is 0 Å². The molecule has 12 heavy (non-hydrogen) atoms. The second-order valence-electron chi connectivity index (χ2n) is 2.73. The Morgan fingerprint density at radius 2 is 2.00 bits per heavy atom. The molecule has 0 saturated heterocycles. The molecule has 64 valence electrons. The highest BCUT2D eigenvalue weighted by Crippen LogP contribution is 2.01. The molecular formula is C8H11BO3. The third-order valence-electron chi connectivity index (χ3n) is 1.75. The first-order valence-corrected chi connectivity index (χ1v) is 3.71. The summed E-state index contributed by atoms with van der Waals surface area (Å²) in [6, 6.07) is 5.15. The Morgan fingerprint density at radius 1 is 1.33 bits per heavy atom. The summed E-state index contributed by atoms with van der Waals surface area (Å²) in [5, 5.41) is 26.6. The highest BCUT2D eigenvalue weighted by atomic mass is 16.4. The van der Waals surface area contributed by atoms with Crippen LogP contribution >= 0.6 is 0 Å². The molecule has 0 saturated carbocycles. The maximum atomic E-state index is 8.90. The zero-order valence-corrected chi connectivity index (χ0v) is 6.86. The maximum Gasteiger partial charge on any atom is 0.488 e. The van der Waals surface area contributed by atoms with Crippen LogP contribution in [-0.4, -0.2) is 22.3 Å². The molecule has 1 rings (SSSR count). The van der Waals surface area contributed by atoms with E-state index in [9.17, 15) is 0 Å². The summed E-state index contributed by atoms with van der Waals surface area (Å²) in [7, 11) is -1.51. The molecule has 0 bridgehead atoms. The van der Waals surface area contributed by atoms with E-state index in [2.05, 4.69) is 0 Å². The molecule has 4 heteroatoms. The number of hydrogen-bond donors (Lipinski definition) is 3. The molecule has 0 heterocycles. The van der Waals surface area contributed by atoms with Crippen LogP contribution in [0.15, 0.2) is 18.2 Å². The first kappa shape index (κ1) is 9.25. The fourth-order valence-corrected chi connectivity index (χ4v) is 1.10. The highest BCUT2D eigenvalue weighted by molar-refractivity contribution is 6.59. The Labute approximate surface area is 71.4 Å². The largest absolute Gasteiger partial charge is 0.488 e. The number of benzene rings is 1. The van der Waals surface area contributed by atoms with Crippen molar-refractivity contribution in [2.24, 2.45) is 0 Å². The van der Waals surface area contributed by atoms with Crippen molar-refractivity contribution in [3.63, 3.8) is 0 Å². The molecule has 0 spiro atoms. The van der Waals surface area contributed by atoms with Crippen LogP contribution in [0.3, 0.4) is 0 Å². The third kappa shape index (κ3) is 1.85. The normalized spacial score (nSPS) is 10.0. The van der Waals surface area contributed by atoms with E-state index in [1.165, 1.54) is 0 Å². The van der Waals surface area contributed by atoms with Crippen molar-refractivity contribution in [1.82, 2.24) is 0 Å². The molecule has 3 N–H and O–H groups in total. The lowest BCUT2D eigenvalue weighted by Gasteiger charge is -2.06. The zero-order chi connectivity index (χ0) is 9.14. The van der Waals surface area contributed by atoms with Gasteiger partial charge in [0, 0.05) is 0 Å². The maximum absolute atomic E-state index is 8.90. The third-order valence-corrected chi connectivity index (χ3v) is 1.75. The molecule has 0 radical (unpaired) electrons. The van der Waals surface area contributed by atoms with Crippen LogP contribution in [0.25, 0.3) is 0 Å². The lowest BCUT2D eigenvalue weighted by molar-refractivity contribution is 0.282. The number of hydrogen-bond acceptors (Lipinski definition) is 3. The van der Waals surface area contributed by atoms with Crippen molar-refractivity contribution in [3.8, 4) is 0 Å². The number of aryl methyl sites for hydroxylation is 1. The first-order valence-electron chi connectivity index (χ1n) is 3.71. The van der Waals surface area contributed by atoms with E-state index in [4.69, 9.17) is 15.2 Å². The van der Waals surface area contributed by atoms with Crippen molar-refractivity contribution in [1.29, 1.82) is 0 Å². The minimum absolute atomic E-state index is 0.173. The van der Waals surface area contributed by atoms with Crippen LogP contribution in [0.5, 0.6) is 0 Å². The van der Waals surface area contributed by atoms with E-state index in [1.54, 1.807) is 12.1 Å². The smallest absolute Gasteiger partial charge is 0.423 e. The van der Waals surface area contributed by atoms with Gasteiger partial charge in [0.05, 0.1) is 6.61 Å². The molecule has 3 nitrogen and oxygen atoms in total. The standard InChI is InChI=1S/C8H11BO3/c1-6-2-3-7(5-10)8(4-6)9(11)12/h2-4,10-12H,5H2,1H3. The minimum atomic E-state index is -1.51. The summed E-state index contributed by atoms with van der Waals surface area (Å²) in [5.74, 6) is 0. The molecule has 0 aliphatic rings. The van der Waals surface area contributed by atoms with Gasteiger partial charge in [0.1, 0.15) is 0 Å². The van der Waals surface area contributed by atoms with Gasteiger partial charge in [-0.2, -0.15) is 0 Å². The van der Waals surface area contributed by atoms with Crippen LogP contribution in [-0.2, 0) is 6.61 Å². The fraction of sp³-hybridized carbons (Fsp3) is 0.250. The lowest BCUT2D eigenvalue weighted by Crippen LogP contribution is -2.33. The zero-order valence-electron chi connectivity index (χ0n) is 6.86. The Bertz CT molecular complexity index is 273. The predicted octanol–water partition coefficient (Wildman–Crippen LogP) is -0.833. The van der Waals surface area contributed by atoms with E-state index >= 15 is 0 Å². The monoisotopic (exact) mass is 166 g/mol. The lowest BCUT2D eigenvalue weighted by atomic mass is 9.76.